The SMILES string of the molecule is CC1(C)c2ccccc2-c2cc(-c3ccc(-c4ccc5c6c(cc7ccccc7c46)-c4cc6ccccc6cc4-5)cc3)ccc21. The van der Waals surface area contributed by atoms with Crippen molar-refractivity contribution in [1.82, 2.24) is 0 Å². The van der Waals surface area contributed by atoms with Crippen LogP contribution in [0, 0.1) is 0 Å². The van der Waals surface area contributed by atoms with Gasteiger partial charge in [0.25, 0.3) is 0 Å². The molecule has 45 heavy (non-hydrogen) atoms. The normalized spacial score (nSPS) is 13.7. The minimum absolute atomic E-state index is 0.0270. The molecule has 0 radical (unpaired) electrons. The van der Waals surface area contributed by atoms with Crippen LogP contribution in [-0.2, 0) is 5.41 Å². The smallest absolute Gasteiger partial charge is 0.0158 e. The van der Waals surface area contributed by atoms with Gasteiger partial charge in [0.2, 0.25) is 0 Å². The van der Waals surface area contributed by atoms with Crippen molar-refractivity contribution in [2.75, 3.05) is 0 Å². The summed E-state index contributed by atoms with van der Waals surface area (Å²) in [6.07, 6.45) is 0. The van der Waals surface area contributed by atoms with E-state index in [1.54, 1.807) is 0 Å². The fraction of sp³-hybridized carbons (Fsp3) is 0.0667. The van der Waals surface area contributed by atoms with Crippen LogP contribution in [0.15, 0.2) is 146 Å². The third-order valence-corrected chi connectivity index (χ3v) is 10.6. The molecule has 2 aliphatic rings. The molecular formula is C45H30. The number of hydrogen-bond acceptors (Lipinski definition) is 0. The van der Waals surface area contributed by atoms with Gasteiger partial charge in [0, 0.05) is 5.41 Å². The lowest BCUT2D eigenvalue weighted by Crippen LogP contribution is -2.14. The minimum Gasteiger partial charge on any atom is -0.0619 e. The van der Waals surface area contributed by atoms with Crippen molar-refractivity contribution in [2.24, 2.45) is 0 Å². The third kappa shape index (κ3) is 3.37. The van der Waals surface area contributed by atoms with Gasteiger partial charge in [0.1, 0.15) is 0 Å². The molecule has 0 spiro atoms. The molecule has 0 saturated carbocycles. The maximum atomic E-state index is 2.40. The maximum Gasteiger partial charge on any atom is 0.0158 e. The van der Waals surface area contributed by atoms with E-state index >= 15 is 0 Å². The van der Waals surface area contributed by atoms with E-state index in [9.17, 15) is 0 Å². The van der Waals surface area contributed by atoms with Crippen molar-refractivity contribution in [3.63, 3.8) is 0 Å². The Morgan fingerprint density at radius 2 is 0.911 bits per heavy atom. The predicted octanol–water partition coefficient (Wildman–Crippen LogP) is 12.4. The predicted molar refractivity (Wildman–Crippen MR) is 192 cm³/mol. The van der Waals surface area contributed by atoms with Gasteiger partial charge in [-0.3, -0.25) is 0 Å². The molecule has 0 aliphatic heterocycles. The van der Waals surface area contributed by atoms with Crippen molar-refractivity contribution < 1.29 is 0 Å². The van der Waals surface area contributed by atoms with Crippen LogP contribution in [-0.4, -0.2) is 0 Å². The van der Waals surface area contributed by atoms with Crippen molar-refractivity contribution in [3.8, 4) is 55.6 Å². The molecule has 0 heterocycles. The fourth-order valence-electron chi connectivity index (χ4n) is 8.35. The summed E-state index contributed by atoms with van der Waals surface area (Å²) in [5.74, 6) is 0. The second-order valence-electron chi connectivity index (χ2n) is 13.3. The van der Waals surface area contributed by atoms with Gasteiger partial charge >= 0.3 is 0 Å². The first-order chi connectivity index (χ1) is 22.1. The highest BCUT2D eigenvalue weighted by Gasteiger charge is 2.35. The molecule has 0 fully saturated rings. The molecule has 0 nitrogen and oxygen atoms in total. The quantitative estimate of drug-likeness (QED) is 0.181. The van der Waals surface area contributed by atoms with E-state index in [4.69, 9.17) is 0 Å². The van der Waals surface area contributed by atoms with E-state index in [1.165, 1.54) is 99.1 Å². The molecule has 0 saturated heterocycles. The minimum atomic E-state index is 0.0270. The Hall–Kier alpha value is -5.46. The van der Waals surface area contributed by atoms with Crippen LogP contribution >= 0.6 is 0 Å². The number of rotatable bonds is 2. The average Bonchev–Trinajstić information content (AvgIpc) is 3.51. The molecule has 10 rings (SSSR count). The molecular weight excluding hydrogens is 540 g/mol. The Morgan fingerprint density at radius 1 is 0.333 bits per heavy atom. The first kappa shape index (κ1) is 24.9. The molecule has 210 valence electrons. The van der Waals surface area contributed by atoms with Gasteiger partial charge in [0.05, 0.1) is 0 Å². The van der Waals surface area contributed by atoms with Crippen LogP contribution in [0.2, 0.25) is 0 Å². The highest BCUT2D eigenvalue weighted by atomic mass is 14.4. The van der Waals surface area contributed by atoms with Crippen molar-refractivity contribution in [2.45, 2.75) is 19.3 Å². The zero-order valence-corrected chi connectivity index (χ0v) is 25.4. The zero-order chi connectivity index (χ0) is 29.9. The molecule has 0 bridgehead atoms. The molecule has 2 aliphatic carbocycles. The van der Waals surface area contributed by atoms with Crippen LogP contribution in [0.5, 0.6) is 0 Å². The lowest BCUT2D eigenvalue weighted by atomic mass is 9.82. The molecule has 8 aromatic rings. The van der Waals surface area contributed by atoms with Crippen LogP contribution in [0.1, 0.15) is 25.0 Å². The summed E-state index contributed by atoms with van der Waals surface area (Å²) in [5.41, 5.74) is 16.0. The van der Waals surface area contributed by atoms with Crippen LogP contribution in [0.4, 0.5) is 0 Å². The van der Waals surface area contributed by atoms with Crippen LogP contribution in [0.25, 0.3) is 88.0 Å². The van der Waals surface area contributed by atoms with Gasteiger partial charge in [-0.05, 0) is 123 Å². The molecule has 0 N–H and O–H groups in total. The average molecular weight is 571 g/mol. The molecule has 0 atom stereocenters. The molecule has 0 unspecified atom stereocenters. The van der Waals surface area contributed by atoms with Gasteiger partial charge in [-0.1, -0.05) is 135 Å². The van der Waals surface area contributed by atoms with E-state index in [1.807, 2.05) is 0 Å². The summed E-state index contributed by atoms with van der Waals surface area (Å²) in [7, 11) is 0. The number of hydrogen-bond donors (Lipinski definition) is 0. The zero-order valence-electron chi connectivity index (χ0n) is 25.4. The monoisotopic (exact) mass is 570 g/mol. The Bertz CT molecular complexity index is 2540. The van der Waals surface area contributed by atoms with E-state index in [0.29, 0.717) is 0 Å². The highest BCUT2D eigenvalue weighted by Crippen LogP contribution is 2.53. The van der Waals surface area contributed by atoms with Gasteiger partial charge in [-0.25, -0.2) is 0 Å². The molecule has 0 amide bonds. The van der Waals surface area contributed by atoms with E-state index in [2.05, 4.69) is 159 Å². The Kier molecular flexibility index (Phi) is 4.88. The van der Waals surface area contributed by atoms with Gasteiger partial charge in [-0.15, -0.1) is 0 Å². The second kappa shape index (κ2) is 8.80. The Balaban J connectivity index is 1.14. The topological polar surface area (TPSA) is 0 Å². The van der Waals surface area contributed by atoms with Gasteiger partial charge in [0.15, 0.2) is 0 Å². The largest absolute Gasteiger partial charge is 0.0619 e. The number of fused-ring (bicyclic) bond motifs is 9. The van der Waals surface area contributed by atoms with Crippen molar-refractivity contribution >= 4 is 32.3 Å². The second-order valence-corrected chi connectivity index (χ2v) is 13.3. The maximum absolute atomic E-state index is 2.40. The molecule has 0 heteroatoms. The summed E-state index contributed by atoms with van der Waals surface area (Å²) >= 11 is 0. The summed E-state index contributed by atoms with van der Waals surface area (Å²) in [5, 5.41) is 7.91. The lowest BCUT2D eigenvalue weighted by molar-refractivity contribution is 0.660. The first-order valence-corrected chi connectivity index (χ1v) is 15.9. The Labute approximate surface area is 263 Å². The van der Waals surface area contributed by atoms with Gasteiger partial charge in [-0.2, -0.15) is 0 Å². The Morgan fingerprint density at radius 3 is 1.71 bits per heavy atom. The standard InChI is InChI=1S/C45H30/c1-45(2)41-14-8-7-13-35(41)39-25-31(19-22-42(39)45)27-15-17-28(18-16-27)34-20-21-36-37-23-29-9-3-4-10-30(29)24-38(37)40-26-32-11-5-6-12-33(32)43(34)44(36)40/h3-26H,1-2H3. The van der Waals surface area contributed by atoms with E-state index in [0.717, 1.165) is 0 Å². The summed E-state index contributed by atoms with van der Waals surface area (Å²) in [6.45, 7) is 4.68. The van der Waals surface area contributed by atoms with E-state index < -0.39 is 0 Å². The molecule has 8 aromatic carbocycles. The van der Waals surface area contributed by atoms with Crippen LogP contribution in [0.3, 0.4) is 0 Å². The lowest BCUT2D eigenvalue weighted by Gasteiger charge is -2.21. The third-order valence-electron chi connectivity index (χ3n) is 10.6. The number of benzene rings is 8. The first-order valence-electron chi connectivity index (χ1n) is 15.9. The highest BCUT2D eigenvalue weighted by molar-refractivity contribution is 6.28. The van der Waals surface area contributed by atoms with E-state index in [-0.39, 0.29) is 5.41 Å². The van der Waals surface area contributed by atoms with Crippen molar-refractivity contribution in [3.05, 3.63) is 157 Å². The van der Waals surface area contributed by atoms with Crippen molar-refractivity contribution in [1.29, 1.82) is 0 Å². The summed E-state index contributed by atoms with van der Waals surface area (Å²) in [6, 6.07) is 54.6. The fourth-order valence-corrected chi connectivity index (χ4v) is 8.35. The summed E-state index contributed by atoms with van der Waals surface area (Å²) in [4.78, 5) is 0. The van der Waals surface area contributed by atoms with Gasteiger partial charge < -0.3 is 0 Å². The van der Waals surface area contributed by atoms with Crippen LogP contribution < -0.4 is 0 Å². The summed E-state index contributed by atoms with van der Waals surface area (Å²) < 4.78 is 0. The molecule has 0 aromatic heterocycles.